The molecular weight excluding hydrogens is 510 g/mol. The molecule has 2 atom stereocenters. The summed E-state index contributed by atoms with van der Waals surface area (Å²) in [6.45, 7) is 5.05. The van der Waals surface area contributed by atoms with Crippen molar-refractivity contribution in [2.75, 3.05) is 5.75 Å². The number of esters is 2. The summed E-state index contributed by atoms with van der Waals surface area (Å²) >= 11 is 0. The third-order valence-corrected chi connectivity index (χ3v) is 6.53. The first-order chi connectivity index (χ1) is 15.8. The van der Waals surface area contributed by atoms with Crippen LogP contribution in [0.5, 0.6) is 5.75 Å². The molecular formula is C21H24F6O7S. The molecule has 0 aromatic heterocycles. The Balaban J connectivity index is 2.41. The molecule has 1 N–H and O–H groups in total. The highest BCUT2D eigenvalue weighted by Gasteiger charge is 2.76. The van der Waals surface area contributed by atoms with Crippen molar-refractivity contribution in [1.82, 2.24) is 0 Å². The van der Waals surface area contributed by atoms with Gasteiger partial charge in [0.05, 0.1) is 11.8 Å². The zero-order chi connectivity index (χ0) is 27.0. The van der Waals surface area contributed by atoms with Crippen molar-refractivity contribution in [3.8, 4) is 5.75 Å². The lowest BCUT2D eigenvalue weighted by Crippen LogP contribution is -2.64. The van der Waals surface area contributed by atoms with Crippen LogP contribution >= 0.6 is 0 Å². The fourth-order valence-corrected chi connectivity index (χ4v) is 5.07. The molecule has 0 saturated heterocycles. The second kappa shape index (κ2) is 9.96. The molecule has 1 aliphatic rings. The maximum absolute atomic E-state index is 13.5. The first-order valence-corrected chi connectivity index (χ1v) is 12.0. The van der Waals surface area contributed by atoms with Crippen molar-refractivity contribution in [2.45, 2.75) is 64.4 Å². The fraction of sp³-hybridized carbons (Fsp3) is 0.619. The summed E-state index contributed by atoms with van der Waals surface area (Å²) in [5, 5.41) is 0. The van der Waals surface area contributed by atoms with Crippen LogP contribution in [0.25, 0.3) is 0 Å². The van der Waals surface area contributed by atoms with E-state index in [1.165, 1.54) is 0 Å². The summed E-state index contributed by atoms with van der Waals surface area (Å²) in [5.41, 5.74) is -3.58. The molecule has 0 bridgehead atoms. The molecule has 1 aromatic rings. The highest BCUT2D eigenvalue weighted by Crippen LogP contribution is 2.48. The molecule has 1 aromatic carbocycles. The van der Waals surface area contributed by atoms with Crippen LogP contribution < -0.4 is 4.74 Å². The smallest absolute Gasteiger partial charge is 0.438 e. The Morgan fingerprint density at radius 3 is 1.74 bits per heavy atom. The predicted octanol–water partition coefficient (Wildman–Crippen LogP) is 4.62. The van der Waals surface area contributed by atoms with Crippen molar-refractivity contribution in [1.29, 1.82) is 0 Å². The molecule has 0 aliphatic heterocycles. The quantitative estimate of drug-likeness (QED) is 0.246. The summed E-state index contributed by atoms with van der Waals surface area (Å²) in [5.74, 6) is -9.13. The molecule has 2 unspecified atom stereocenters. The second-order valence-electron chi connectivity index (χ2n) is 8.62. The van der Waals surface area contributed by atoms with E-state index in [2.05, 4.69) is 4.74 Å². The lowest BCUT2D eigenvalue weighted by atomic mass is 9.79. The lowest BCUT2D eigenvalue weighted by Gasteiger charge is -2.37. The molecule has 2 rings (SSSR count). The summed E-state index contributed by atoms with van der Waals surface area (Å²) in [4.78, 5) is 25.5. The third-order valence-electron chi connectivity index (χ3n) is 5.76. The predicted molar refractivity (Wildman–Crippen MR) is 109 cm³/mol. The molecule has 1 saturated carbocycles. The Kier molecular flexibility index (Phi) is 8.22. The first kappa shape index (κ1) is 28.9. The van der Waals surface area contributed by atoms with E-state index in [4.69, 9.17) is 9.29 Å². The van der Waals surface area contributed by atoms with Crippen LogP contribution in [-0.4, -0.2) is 48.6 Å². The highest BCUT2D eigenvalue weighted by molar-refractivity contribution is 7.85. The highest BCUT2D eigenvalue weighted by atomic mass is 32.2. The number of carbonyl (C=O) groups excluding carboxylic acids is 2. The Bertz CT molecular complexity index is 1040. The maximum Gasteiger partial charge on any atom is 0.438 e. The Morgan fingerprint density at radius 1 is 0.914 bits per heavy atom. The van der Waals surface area contributed by atoms with E-state index in [1.54, 1.807) is 32.9 Å². The molecule has 14 heteroatoms. The lowest BCUT2D eigenvalue weighted by molar-refractivity contribution is -0.362. The van der Waals surface area contributed by atoms with Crippen molar-refractivity contribution in [3.05, 3.63) is 28.8 Å². The minimum atomic E-state index is -6.45. The van der Waals surface area contributed by atoms with Crippen LogP contribution in [0.4, 0.5) is 26.3 Å². The van der Waals surface area contributed by atoms with Crippen molar-refractivity contribution >= 4 is 22.1 Å². The number of aryl methyl sites for hydroxylation is 3. The van der Waals surface area contributed by atoms with E-state index in [0.717, 1.165) is 5.56 Å². The van der Waals surface area contributed by atoms with Gasteiger partial charge in [0.1, 0.15) is 11.5 Å². The molecule has 0 spiro atoms. The van der Waals surface area contributed by atoms with Gasteiger partial charge in [0.15, 0.2) is 0 Å². The van der Waals surface area contributed by atoms with Crippen molar-refractivity contribution < 1.29 is 58.4 Å². The number of hydrogen-bond acceptors (Lipinski definition) is 6. The van der Waals surface area contributed by atoms with Crippen LogP contribution in [0, 0.1) is 32.6 Å². The standard InChI is InChI=1S/C21H24F6O7S/c1-11-8-12(2)16(13(3)9-11)33-17(28)14-6-4-5-7-15(14)18(29)34-19(20(22,23)24,21(25,26)27)10-35(30,31)32/h8-9,14-15H,4-7,10H2,1-3H3,(H,30,31,32). The molecule has 0 amide bonds. The Hall–Kier alpha value is -2.35. The van der Waals surface area contributed by atoms with Gasteiger partial charge >= 0.3 is 29.9 Å². The first-order valence-electron chi connectivity index (χ1n) is 10.4. The van der Waals surface area contributed by atoms with E-state index >= 15 is 0 Å². The monoisotopic (exact) mass is 534 g/mol. The van der Waals surface area contributed by atoms with Gasteiger partial charge in [-0.2, -0.15) is 34.8 Å². The number of benzene rings is 1. The van der Waals surface area contributed by atoms with Crippen LogP contribution in [0.2, 0.25) is 0 Å². The number of carbonyl (C=O) groups is 2. The van der Waals surface area contributed by atoms with E-state index < -0.39 is 57.6 Å². The average Bonchev–Trinajstić information content (AvgIpc) is 2.67. The largest absolute Gasteiger partial charge is 0.438 e. The SMILES string of the molecule is Cc1cc(C)c(OC(=O)C2CCCCC2C(=O)OC(CS(=O)(=O)O)(C(F)(F)F)C(F)(F)F)c(C)c1. The number of alkyl halides is 6. The average molecular weight is 534 g/mol. The van der Waals surface area contributed by atoms with Crippen molar-refractivity contribution in [2.24, 2.45) is 11.8 Å². The summed E-state index contributed by atoms with van der Waals surface area (Å²) in [6.07, 6.45) is -12.7. The van der Waals surface area contributed by atoms with Gasteiger partial charge in [-0.05, 0) is 44.7 Å². The molecule has 198 valence electrons. The summed E-state index contributed by atoms with van der Waals surface area (Å²) in [7, 11) is -5.92. The number of hydrogen-bond donors (Lipinski definition) is 1. The van der Waals surface area contributed by atoms with Gasteiger partial charge in [0, 0.05) is 0 Å². The van der Waals surface area contributed by atoms with E-state index in [-0.39, 0.29) is 25.0 Å². The van der Waals surface area contributed by atoms with E-state index in [1.807, 2.05) is 0 Å². The normalized spacial score (nSPS) is 19.8. The molecule has 1 aliphatic carbocycles. The molecule has 0 radical (unpaired) electrons. The van der Waals surface area contributed by atoms with Crippen molar-refractivity contribution in [3.63, 3.8) is 0 Å². The zero-order valence-corrected chi connectivity index (χ0v) is 19.7. The number of rotatable bonds is 6. The van der Waals surface area contributed by atoms with Crippen LogP contribution in [0.3, 0.4) is 0 Å². The summed E-state index contributed by atoms with van der Waals surface area (Å²) < 4.78 is 121. The second-order valence-corrected chi connectivity index (χ2v) is 10.1. The van der Waals surface area contributed by atoms with Gasteiger partial charge in [-0.3, -0.25) is 14.1 Å². The van der Waals surface area contributed by atoms with Crippen LogP contribution in [-0.2, 0) is 24.4 Å². The van der Waals surface area contributed by atoms with Gasteiger partial charge in [-0.15, -0.1) is 0 Å². The minimum Gasteiger partial charge on any atom is -0.438 e. The fourth-order valence-electron chi connectivity index (χ4n) is 4.17. The van der Waals surface area contributed by atoms with Crippen LogP contribution in [0.15, 0.2) is 12.1 Å². The van der Waals surface area contributed by atoms with E-state index in [0.29, 0.717) is 17.5 Å². The molecule has 1 fully saturated rings. The Labute approximate surface area is 197 Å². The molecule has 7 nitrogen and oxygen atoms in total. The van der Waals surface area contributed by atoms with E-state index in [9.17, 15) is 44.3 Å². The van der Waals surface area contributed by atoms with Gasteiger partial charge < -0.3 is 9.47 Å². The van der Waals surface area contributed by atoms with Gasteiger partial charge in [-0.25, -0.2) is 0 Å². The Morgan fingerprint density at radius 2 is 1.34 bits per heavy atom. The van der Waals surface area contributed by atoms with Crippen LogP contribution in [0.1, 0.15) is 42.4 Å². The summed E-state index contributed by atoms with van der Waals surface area (Å²) in [6, 6.07) is 3.39. The number of ether oxygens (including phenoxy) is 2. The molecule has 0 heterocycles. The third kappa shape index (κ3) is 6.46. The van der Waals surface area contributed by atoms with Gasteiger partial charge in [-0.1, -0.05) is 30.5 Å². The van der Waals surface area contributed by atoms with Gasteiger partial charge in [0.25, 0.3) is 10.1 Å². The minimum absolute atomic E-state index is 0.0775. The maximum atomic E-state index is 13.5. The molecule has 35 heavy (non-hydrogen) atoms. The van der Waals surface area contributed by atoms with Gasteiger partial charge in [0.2, 0.25) is 0 Å². The number of halogens is 6. The zero-order valence-electron chi connectivity index (χ0n) is 18.9. The topological polar surface area (TPSA) is 107 Å².